The van der Waals surface area contributed by atoms with E-state index >= 15 is 0 Å². The van der Waals surface area contributed by atoms with Crippen LogP contribution in [0.2, 0.25) is 0 Å². The average Bonchev–Trinajstić information content (AvgIpc) is 2.51. The number of hydrogen-bond acceptors (Lipinski definition) is 5. The second-order valence-corrected chi connectivity index (χ2v) is 6.70. The highest BCUT2D eigenvalue weighted by Crippen LogP contribution is 2.35. The molecule has 0 aliphatic carbocycles. The van der Waals surface area contributed by atoms with Crippen LogP contribution in [0.5, 0.6) is 0 Å². The van der Waals surface area contributed by atoms with Crippen molar-refractivity contribution in [3.05, 3.63) is 23.9 Å². The average molecular weight is 307 g/mol. The van der Waals surface area contributed by atoms with Gasteiger partial charge in [-0.05, 0) is 24.5 Å². The minimum Gasteiger partial charge on any atom is -0.396 e. The smallest absolute Gasteiger partial charge is 0.127 e. The van der Waals surface area contributed by atoms with E-state index in [2.05, 4.69) is 22.9 Å². The lowest BCUT2D eigenvalue weighted by Gasteiger charge is -2.45. The summed E-state index contributed by atoms with van der Waals surface area (Å²) in [5.41, 5.74) is 0.801. The second-order valence-electron chi connectivity index (χ2n) is 6.70. The molecule has 0 amide bonds. The molecule has 0 spiro atoms. The van der Waals surface area contributed by atoms with Crippen molar-refractivity contribution in [2.24, 2.45) is 5.41 Å². The van der Waals surface area contributed by atoms with Crippen LogP contribution < -0.4 is 4.90 Å². The van der Waals surface area contributed by atoms with Gasteiger partial charge in [-0.15, -0.1) is 0 Å². The lowest BCUT2D eigenvalue weighted by Crippen LogP contribution is -2.53. The van der Waals surface area contributed by atoms with Gasteiger partial charge in [0.2, 0.25) is 0 Å². The fourth-order valence-corrected chi connectivity index (χ4v) is 3.39. The maximum absolute atomic E-state index is 10.3. The molecule has 5 nitrogen and oxygen atoms in total. The van der Waals surface area contributed by atoms with Crippen molar-refractivity contribution in [3.63, 3.8) is 0 Å². The van der Waals surface area contributed by atoms with Crippen molar-refractivity contribution in [3.8, 4) is 0 Å². The van der Waals surface area contributed by atoms with Crippen LogP contribution in [0.15, 0.2) is 18.3 Å². The Balaban J connectivity index is 2.03. The van der Waals surface area contributed by atoms with Gasteiger partial charge in [0.15, 0.2) is 0 Å². The Morgan fingerprint density at radius 1 is 1.41 bits per heavy atom. The van der Waals surface area contributed by atoms with E-state index in [1.165, 1.54) is 5.56 Å². The molecule has 1 aromatic heterocycles. The Hall–Kier alpha value is -1.17. The lowest BCUT2D eigenvalue weighted by atomic mass is 9.74. The van der Waals surface area contributed by atoms with E-state index in [0.717, 1.165) is 44.7 Å². The Kier molecular flexibility index (Phi) is 5.78. The minimum atomic E-state index is -0.400. The molecule has 2 N–H and O–H groups in total. The van der Waals surface area contributed by atoms with Gasteiger partial charge in [0.25, 0.3) is 0 Å². The molecule has 0 unspecified atom stereocenters. The summed E-state index contributed by atoms with van der Waals surface area (Å²) in [6, 6.07) is 4.13. The lowest BCUT2D eigenvalue weighted by molar-refractivity contribution is -0.0819. The van der Waals surface area contributed by atoms with Gasteiger partial charge < -0.3 is 15.1 Å². The van der Waals surface area contributed by atoms with Gasteiger partial charge in [0, 0.05) is 45.3 Å². The number of rotatable bonds is 6. The molecular formula is C17H29N3O2. The Morgan fingerprint density at radius 2 is 2.18 bits per heavy atom. The molecule has 2 heterocycles. The highest BCUT2D eigenvalue weighted by Gasteiger charge is 2.41. The third-order valence-electron chi connectivity index (χ3n) is 4.70. The minimum absolute atomic E-state index is 0.0519. The van der Waals surface area contributed by atoms with Gasteiger partial charge in [-0.1, -0.05) is 19.4 Å². The summed E-state index contributed by atoms with van der Waals surface area (Å²) in [5.74, 6) is 0.952. The predicted octanol–water partition coefficient (Wildman–Crippen LogP) is 1.49. The first kappa shape index (κ1) is 17.2. The number of aromatic nitrogens is 1. The summed E-state index contributed by atoms with van der Waals surface area (Å²) < 4.78 is 0. The SMILES string of the molecule is CCC[C@@]1(CO)CN(Cc2ccc(N(C)C)nc2)CC[C@@H]1O. The molecule has 0 aromatic carbocycles. The van der Waals surface area contributed by atoms with Crippen molar-refractivity contribution >= 4 is 5.82 Å². The molecule has 124 valence electrons. The number of likely N-dealkylation sites (tertiary alicyclic amines) is 1. The molecule has 5 heteroatoms. The third kappa shape index (κ3) is 3.77. The third-order valence-corrected chi connectivity index (χ3v) is 4.70. The summed E-state index contributed by atoms with van der Waals surface area (Å²) in [6.45, 7) is 4.58. The largest absolute Gasteiger partial charge is 0.396 e. The fourth-order valence-electron chi connectivity index (χ4n) is 3.39. The molecule has 0 radical (unpaired) electrons. The molecule has 1 saturated heterocycles. The van der Waals surface area contributed by atoms with Crippen molar-refractivity contribution in [2.75, 3.05) is 38.7 Å². The van der Waals surface area contributed by atoms with Crippen LogP contribution in [-0.4, -0.2) is 60.0 Å². The van der Waals surface area contributed by atoms with Crippen molar-refractivity contribution in [2.45, 2.75) is 38.8 Å². The first-order chi connectivity index (χ1) is 10.5. The van der Waals surface area contributed by atoms with Gasteiger partial charge in [-0.3, -0.25) is 4.90 Å². The zero-order valence-corrected chi connectivity index (χ0v) is 14.0. The maximum atomic E-state index is 10.3. The molecule has 1 aliphatic heterocycles. The summed E-state index contributed by atoms with van der Waals surface area (Å²) >= 11 is 0. The molecular weight excluding hydrogens is 278 g/mol. The highest BCUT2D eigenvalue weighted by molar-refractivity contribution is 5.37. The van der Waals surface area contributed by atoms with Crippen LogP contribution in [0, 0.1) is 5.41 Å². The molecule has 1 fully saturated rings. The normalized spacial score (nSPS) is 26.1. The number of hydrogen-bond donors (Lipinski definition) is 2. The van der Waals surface area contributed by atoms with E-state index in [-0.39, 0.29) is 12.0 Å². The van der Waals surface area contributed by atoms with Crippen LogP contribution in [0.1, 0.15) is 31.7 Å². The van der Waals surface area contributed by atoms with Gasteiger partial charge >= 0.3 is 0 Å². The van der Waals surface area contributed by atoms with Crippen LogP contribution in [0.3, 0.4) is 0 Å². The predicted molar refractivity (Wildman–Crippen MR) is 88.9 cm³/mol. The molecule has 0 bridgehead atoms. The topological polar surface area (TPSA) is 59.8 Å². The number of anilines is 1. The second kappa shape index (κ2) is 7.40. The number of pyridine rings is 1. The van der Waals surface area contributed by atoms with Crippen LogP contribution in [-0.2, 0) is 6.54 Å². The van der Waals surface area contributed by atoms with Crippen molar-refractivity contribution in [1.29, 1.82) is 0 Å². The Labute approximate surface area is 133 Å². The highest BCUT2D eigenvalue weighted by atomic mass is 16.3. The first-order valence-corrected chi connectivity index (χ1v) is 8.14. The molecule has 2 rings (SSSR count). The summed E-state index contributed by atoms with van der Waals surface area (Å²) in [6.07, 6.45) is 4.08. The number of aliphatic hydroxyl groups excluding tert-OH is 2. The molecule has 1 aliphatic rings. The zero-order chi connectivity index (χ0) is 16.2. The van der Waals surface area contributed by atoms with E-state index in [0.29, 0.717) is 0 Å². The Bertz CT molecular complexity index is 463. The van der Waals surface area contributed by atoms with Gasteiger partial charge in [-0.25, -0.2) is 4.98 Å². The first-order valence-electron chi connectivity index (χ1n) is 8.14. The van der Waals surface area contributed by atoms with E-state index in [1.54, 1.807) is 0 Å². The number of piperidine rings is 1. The van der Waals surface area contributed by atoms with Gasteiger partial charge in [-0.2, -0.15) is 0 Å². The summed E-state index contributed by atoms with van der Waals surface area (Å²) in [7, 11) is 3.96. The van der Waals surface area contributed by atoms with E-state index in [9.17, 15) is 10.2 Å². The summed E-state index contributed by atoms with van der Waals surface area (Å²) in [5, 5.41) is 20.1. The van der Waals surface area contributed by atoms with E-state index < -0.39 is 6.10 Å². The van der Waals surface area contributed by atoms with E-state index in [4.69, 9.17) is 0 Å². The quantitative estimate of drug-likeness (QED) is 0.834. The molecule has 1 aromatic rings. The fraction of sp³-hybridized carbons (Fsp3) is 0.706. The number of aliphatic hydroxyl groups is 2. The number of nitrogens with zero attached hydrogens (tertiary/aromatic N) is 3. The molecule has 22 heavy (non-hydrogen) atoms. The van der Waals surface area contributed by atoms with E-state index in [1.807, 2.05) is 31.3 Å². The zero-order valence-electron chi connectivity index (χ0n) is 14.0. The van der Waals surface area contributed by atoms with Crippen molar-refractivity contribution < 1.29 is 10.2 Å². The molecule has 0 saturated carbocycles. The monoisotopic (exact) mass is 307 g/mol. The maximum Gasteiger partial charge on any atom is 0.127 e. The van der Waals surface area contributed by atoms with Crippen LogP contribution in [0.25, 0.3) is 0 Å². The Morgan fingerprint density at radius 3 is 2.73 bits per heavy atom. The standard InChI is InChI=1S/C17H29N3O2/c1-4-8-17(13-21)12-20(9-7-15(17)22)11-14-5-6-16(18-10-14)19(2)3/h5-6,10,15,21-22H,4,7-9,11-13H2,1-3H3/t15-,17-/m0/s1. The van der Waals surface area contributed by atoms with Crippen LogP contribution in [0.4, 0.5) is 5.82 Å². The van der Waals surface area contributed by atoms with Gasteiger partial charge in [0.1, 0.15) is 5.82 Å². The van der Waals surface area contributed by atoms with Gasteiger partial charge in [0.05, 0.1) is 12.7 Å². The summed E-state index contributed by atoms with van der Waals surface area (Å²) in [4.78, 5) is 8.76. The van der Waals surface area contributed by atoms with Crippen LogP contribution >= 0.6 is 0 Å². The molecule has 2 atom stereocenters. The van der Waals surface area contributed by atoms with Crippen molar-refractivity contribution in [1.82, 2.24) is 9.88 Å².